The Hall–Kier alpha value is -2.24. The van der Waals surface area contributed by atoms with Crippen molar-refractivity contribution in [3.8, 4) is 0 Å². The highest BCUT2D eigenvalue weighted by Crippen LogP contribution is 2.66. The third kappa shape index (κ3) is 3.12. The number of benzene rings is 1. The molecule has 1 aromatic rings. The van der Waals surface area contributed by atoms with E-state index < -0.39 is 11.6 Å². The molecule has 32 heavy (non-hydrogen) atoms. The summed E-state index contributed by atoms with van der Waals surface area (Å²) in [5.41, 5.74) is 4.26. The van der Waals surface area contributed by atoms with Gasteiger partial charge >= 0.3 is 5.97 Å². The van der Waals surface area contributed by atoms with Gasteiger partial charge in [-0.3, -0.25) is 4.79 Å². The van der Waals surface area contributed by atoms with Gasteiger partial charge in [-0.1, -0.05) is 24.6 Å². The molecule has 2 N–H and O–H groups in total. The van der Waals surface area contributed by atoms with Gasteiger partial charge in [0, 0.05) is 24.9 Å². The minimum absolute atomic E-state index is 0.109. The highest BCUT2D eigenvalue weighted by molar-refractivity contribution is 5.93. The molecule has 2 saturated carbocycles. The SMILES string of the molecule is COCC1(O)CC[C@H]2[C@@H]3CCC4=CC(=O)CCC4=C3[C@@H](c3ccc(C(=O)O)cc3)C[C@@]21C. The average Bonchev–Trinajstić information content (AvgIpc) is 3.03. The van der Waals surface area contributed by atoms with Gasteiger partial charge in [0.05, 0.1) is 17.8 Å². The summed E-state index contributed by atoms with van der Waals surface area (Å²) in [6.07, 6.45) is 7.69. The lowest BCUT2D eigenvalue weighted by Gasteiger charge is -2.54. The monoisotopic (exact) mass is 436 g/mol. The zero-order chi connectivity index (χ0) is 22.7. The van der Waals surface area contributed by atoms with Gasteiger partial charge < -0.3 is 14.9 Å². The second-order valence-corrected chi connectivity index (χ2v) is 10.4. The van der Waals surface area contributed by atoms with Crippen molar-refractivity contribution in [2.24, 2.45) is 17.3 Å². The number of ether oxygens (including phenoxy) is 1. The Labute approximate surface area is 189 Å². The number of fused-ring (bicyclic) bond motifs is 4. The van der Waals surface area contributed by atoms with Gasteiger partial charge in [0.1, 0.15) is 0 Å². The van der Waals surface area contributed by atoms with Crippen LogP contribution in [0.2, 0.25) is 0 Å². The third-order valence-electron chi connectivity index (χ3n) is 9.00. The summed E-state index contributed by atoms with van der Waals surface area (Å²) in [6.45, 7) is 2.57. The maximum Gasteiger partial charge on any atom is 0.335 e. The zero-order valence-electron chi connectivity index (χ0n) is 18.9. The minimum atomic E-state index is -0.925. The summed E-state index contributed by atoms with van der Waals surface area (Å²) >= 11 is 0. The van der Waals surface area contributed by atoms with E-state index in [2.05, 4.69) is 6.92 Å². The predicted molar refractivity (Wildman–Crippen MR) is 120 cm³/mol. The van der Waals surface area contributed by atoms with Crippen molar-refractivity contribution in [1.29, 1.82) is 0 Å². The zero-order valence-corrected chi connectivity index (χ0v) is 18.9. The van der Waals surface area contributed by atoms with Crippen molar-refractivity contribution in [1.82, 2.24) is 0 Å². The van der Waals surface area contributed by atoms with Crippen LogP contribution in [0, 0.1) is 17.3 Å². The number of carboxylic acid groups (broad SMARTS) is 1. The highest BCUT2D eigenvalue weighted by atomic mass is 16.5. The number of carbonyl (C=O) groups is 2. The van der Waals surface area contributed by atoms with E-state index in [1.165, 1.54) is 16.7 Å². The van der Waals surface area contributed by atoms with Gasteiger partial charge in [0.25, 0.3) is 0 Å². The summed E-state index contributed by atoms with van der Waals surface area (Å²) in [7, 11) is 1.66. The maximum atomic E-state index is 12.1. The molecule has 4 aliphatic rings. The van der Waals surface area contributed by atoms with Gasteiger partial charge in [-0.2, -0.15) is 0 Å². The molecule has 5 heteroatoms. The predicted octanol–water partition coefficient (Wildman–Crippen LogP) is 4.66. The number of allylic oxidation sites excluding steroid dienone is 4. The van der Waals surface area contributed by atoms with E-state index in [1.54, 1.807) is 19.2 Å². The molecule has 5 atom stereocenters. The smallest absolute Gasteiger partial charge is 0.335 e. The Bertz CT molecular complexity index is 1020. The van der Waals surface area contributed by atoms with E-state index in [-0.39, 0.29) is 22.7 Å². The molecule has 0 saturated heterocycles. The minimum Gasteiger partial charge on any atom is -0.478 e. The quantitative estimate of drug-likeness (QED) is 0.717. The van der Waals surface area contributed by atoms with E-state index in [4.69, 9.17) is 4.74 Å². The number of carboxylic acids is 1. The average molecular weight is 437 g/mol. The standard InChI is InChI=1S/C27H32O5/c1-26-14-22(16-3-5-17(6-4-16)25(29)30)24-20-10-8-19(28)13-18(20)7-9-21(24)23(26)11-12-27(26,31)15-32-2/h3-6,13,21-23,31H,7-12,14-15H2,1-2H3,(H,29,30)/t21-,22+,23-,26-,27?/m0/s1. The number of aromatic carboxylic acids is 1. The molecular weight excluding hydrogens is 404 g/mol. The van der Waals surface area contributed by atoms with Crippen LogP contribution in [0.25, 0.3) is 0 Å². The lowest BCUT2D eigenvalue weighted by atomic mass is 9.51. The second kappa shape index (κ2) is 7.67. The van der Waals surface area contributed by atoms with Gasteiger partial charge in [-0.25, -0.2) is 4.79 Å². The lowest BCUT2D eigenvalue weighted by molar-refractivity contribution is -0.128. The Morgan fingerprint density at radius 1 is 1.16 bits per heavy atom. The molecule has 1 unspecified atom stereocenters. The molecule has 170 valence electrons. The molecule has 0 bridgehead atoms. The Morgan fingerprint density at radius 2 is 1.91 bits per heavy atom. The number of ketones is 1. The molecule has 5 rings (SSSR count). The fourth-order valence-electron chi connectivity index (χ4n) is 7.39. The topological polar surface area (TPSA) is 83.8 Å². The first-order valence-electron chi connectivity index (χ1n) is 11.8. The summed E-state index contributed by atoms with van der Waals surface area (Å²) < 4.78 is 5.49. The first kappa shape index (κ1) is 21.6. The molecule has 0 radical (unpaired) electrons. The van der Waals surface area contributed by atoms with E-state index in [0.29, 0.717) is 24.9 Å². The maximum absolute atomic E-state index is 12.1. The van der Waals surface area contributed by atoms with Crippen LogP contribution in [0.1, 0.15) is 73.7 Å². The van der Waals surface area contributed by atoms with Gasteiger partial charge in [-0.15, -0.1) is 0 Å². The molecule has 0 amide bonds. The van der Waals surface area contributed by atoms with E-state index >= 15 is 0 Å². The van der Waals surface area contributed by atoms with Crippen LogP contribution in [0.4, 0.5) is 0 Å². The summed E-state index contributed by atoms with van der Waals surface area (Å²) in [4.78, 5) is 23.5. The van der Waals surface area contributed by atoms with Crippen LogP contribution < -0.4 is 0 Å². The van der Waals surface area contributed by atoms with Gasteiger partial charge in [0.15, 0.2) is 5.78 Å². The summed E-state index contributed by atoms with van der Waals surface area (Å²) in [5.74, 6) is 0.174. The number of hydrogen-bond acceptors (Lipinski definition) is 4. The lowest BCUT2D eigenvalue weighted by Crippen LogP contribution is -2.53. The van der Waals surface area contributed by atoms with Crippen molar-refractivity contribution in [3.63, 3.8) is 0 Å². The second-order valence-electron chi connectivity index (χ2n) is 10.4. The van der Waals surface area contributed by atoms with Crippen LogP contribution in [0.3, 0.4) is 0 Å². The first-order valence-corrected chi connectivity index (χ1v) is 11.8. The fourth-order valence-corrected chi connectivity index (χ4v) is 7.39. The Balaban J connectivity index is 1.65. The van der Waals surface area contributed by atoms with Crippen molar-refractivity contribution in [3.05, 3.63) is 58.2 Å². The van der Waals surface area contributed by atoms with Crippen LogP contribution in [0.5, 0.6) is 0 Å². The first-order chi connectivity index (χ1) is 15.3. The third-order valence-corrected chi connectivity index (χ3v) is 9.00. The van der Waals surface area contributed by atoms with Gasteiger partial charge in [0.2, 0.25) is 0 Å². The molecule has 0 spiro atoms. The number of aliphatic hydroxyl groups is 1. The van der Waals surface area contributed by atoms with Crippen molar-refractivity contribution >= 4 is 11.8 Å². The fraction of sp³-hybridized carbons (Fsp3) is 0.556. The number of carbonyl (C=O) groups excluding carboxylic acids is 1. The molecule has 0 aromatic heterocycles. The van der Waals surface area contributed by atoms with E-state index in [9.17, 15) is 19.8 Å². The van der Waals surface area contributed by atoms with Crippen LogP contribution in [-0.2, 0) is 9.53 Å². The van der Waals surface area contributed by atoms with Crippen LogP contribution in [0.15, 0.2) is 47.1 Å². The van der Waals surface area contributed by atoms with Crippen molar-refractivity contribution in [2.45, 2.75) is 63.4 Å². The molecule has 2 fully saturated rings. The van der Waals surface area contributed by atoms with Crippen molar-refractivity contribution in [2.75, 3.05) is 13.7 Å². The van der Waals surface area contributed by atoms with E-state index in [1.807, 2.05) is 18.2 Å². The molecular formula is C27H32O5. The van der Waals surface area contributed by atoms with Gasteiger partial charge in [-0.05, 0) is 85.3 Å². The van der Waals surface area contributed by atoms with Crippen LogP contribution in [-0.4, -0.2) is 41.3 Å². The van der Waals surface area contributed by atoms with E-state index in [0.717, 1.165) is 44.1 Å². The Kier molecular flexibility index (Phi) is 5.18. The summed E-state index contributed by atoms with van der Waals surface area (Å²) in [6, 6.07) is 7.26. The number of methoxy groups -OCH3 is 1. The number of rotatable bonds is 4. The molecule has 0 aliphatic heterocycles. The summed E-state index contributed by atoms with van der Waals surface area (Å²) in [5, 5.41) is 21.1. The number of hydrogen-bond donors (Lipinski definition) is 2. The normalized spacial score (nSPS) is 36.3. The molecule has 0 heterocycles. The van der Waals surface area contributed by atoms with Crippen molar-refractivity contribution < 1.29 is 24.5 Å². The molecule has 4 aliphatic carbocycles. The Morgan fingerprint density at radius 3 is 2.59 bits per heavy atom. The largest absolute Gasteiger partial charge is 0.478 e. The highest BCUT2D eigenvalue weighted by Gasteiger charge is 2.62. The molecule has 1 aromatic carbocycles. The van der Waals surface area contributed by atoms with Crippen LogP contribution >= 0.6 is 0 Å². The molecule has 5 nitrogen and oxygen atoms in total.